The molecule has 26 heavy (non-hydrogen) atoms. The van der Waals surface area contributed by atoms with Gasteiger partial charge < -0.3 is 4.90 Å². The van der Waals surface area contributed by atoms with Crippen LogP contribution in [-0.2, 0) is 10.0 Å². The minimum absolute atomic E-state index is 0.125. The van der Waals surface area contributed by atoms with Crippen LogP contribution in [0.15, 0.2) is 35.5 Å². The molecule has 0 radical (unpaired) electrons. The molecule has 1 aliphatic heterocycles. The van der Waals surface area contributed by atoms with E-state index in [0.717, 1.165) is 24.1 Å². The van der Waals surface area contributed by atoms with Gasteiger partial charge in [-0.2, -0.15) is 4.31 Å². The van der Waals surface area contributed by atoms with Gasteiger partial charge in [0.05, 0.1) is 4.90 Å². The van der Waals surface area contributed by atoms with Crippen molar-refractivity contribution >= 4 is 16.0 Å². The van der Waals surface area contributed by atoms with Crippen LogP contribution in [0.4, 0.5) is 14.7 Å². The topological polar surface area (TPSA) is 66.4 Å². The summed E-state index contributed by atoms with van der Waals surface area (Å²) in [5.41, 5.74) is 0.933. The highest BCUT2D eigenvalue weighted by molar-refractivity contribution is 7.89. The van der Waals surface area contributed by atoms with Gasteiger partial charge in [-0.25, -0.2) is 27.2 Å². The van der Waals surface area contributed by atoms with Gasteiger partial charge in [-0.15, -0.1) is 0 Å². The molecule has 3 rings (SSSR count). The smallest absolute Gasteiger partial charge is 0.243 e. The summed E-state index contributed by atoms with van der Waals surface area (Å²) >= 11 is 0. The van der Waals surface area contributed by atoms with E-state index in [9.17, 15) is 17.2 Å². The van der Waals surface area contributed by atoms with Gasteiger partial charge in [0.2, 0.25) is 16.0 Å². The summed E-state index contributed by atoms with van der Waals surface area (Å²) in [4.78, 5) is 10.0. The number of aryl methyl sites for hydroxylation is 1. The van der Waals surface area contributed by atoms with Crippen molar-refractivity contribution in [3.8, 4) is 0 Å². The van der Waals surface area contributed by atoms with E-state index in [4.69, 9.17) is 0 Å². The van der Waals surface area contributed by atoms with E-state index in [1.54, 1.807) is 12.4 Å². The van der Waals surface area contributed by atoms with Gasteiger partial charge >= 0.3 is 0 Å². The third-order valence-electron chi connectivity index (χ3n) is 4.46. The van der Waals surface area contributed by atoms with E-state index < -0.39 is 21.7 Å². The van der Waals surface area contributed by atoms with Gasteiger partial charge in [0, 0.05) is 44.6 Å². The van der Waals surface area contributed by atoms with Crippen LogP contribution in [0, 0.1) is 18.6 Å². The molecule has 1 aromatic carbocycles. The summed E-state index contributed by atoms with van der Waals surface area (Å²) < 4.78 is 53.7. The number of halogens is 2. The molecule has 0 bridgehead atoms. The second-order valence-corrected chi connectivity index (χ2v) is 8.37. The molecule has 140 valence electrons. The van der Waals surface area contributed by atoms with Crippen LogP contribution < -0.4 is 4.90 Å². The molecule has 1 fully saturated rings. The Hall–Kier alpha value is -2.13. The molecule has 0 N–H and O–H groups in total. The Balaban J connectivity index is 1.82. The lowest BCUT2D eigenvalue weighted by atomic mass is 10.1. The number of aromatic nitrogens is 2. The highest BCUT2D eigenvalue weighted by Crippen LogP contribution is 2.25. The van der Waals surface area contributed by atoms with Gasteiger partial charge in [0.25, 0.3) is 0 Å². The molecule has 2 heterocycles. The van der Waals surface area contributed by atoms with Gasteiger partial charge in [-0.05, 0) is 37.5 Å². The number of anilines is 1. The van der Waals surface area contributed by atoms with Crippen LogP contribution >= 0.6 is 0 Å². The average molecular weight is 382 g/mol. The number of sulfonamides is 1. The first-order valence-corrected chi connectivity index (χ1v) is 9.69. The van der Waals surface area contributed by atoms with E-state index in [2.05, 4.69) is 9.97 Å². The van der Waals surface area contributed by atoms with Crippen LogP contribution in [0.2, 0.25) is 0 Å². The van der Waals surface area contributed by atoms with Crippen LogP contribution in [-0.4, -0.2) is 48.9 Å². The zero-order valence-corrected chi connectivity index (χ0v) is 15.4. The predicted molar refractivity (Wildman–Crippen MR) is 93.3 cm³/mol. The summed E-state index contributed by atoms with van der Waals surface area (Å²) in [5.74, 6) is -1.32. The molecule has 1 unspecified atom stereocenters. The molecule has 0 aliphatic carbocycles. The average Bonchev–Trinajstić information content (AvgIpc) is 2.61. The molecule has 6 nitrogen and oxygen atoms in total. The fraction of sp³-hybridized carbons (Fsp3) is 0.412. The lowest BCUT2D eigenvalue weighted by Crippen LogP contribution is -2.49. The first-order valence-electron chi connectivity index (χ1n) is 8.25. The Morgan fingerprint density at radius 1 is 1.15 bits per heavy atom. The number of rotatable bonds is 4. The molecular formula is C17H20F2N4O2S. The maximum absolute atomic E-state index is 13.4. The number of hydrogen-bond acceptors (Lipinski definition) is 5. The molecule has 0 spiro atoms. The van der Waals surface area contributed by atoms with Gasteiger partial charge in [0.1, 0.15) is 11.6 Å². The maximum Gasteiger partial charge on any atom is 0.243 e. The summed E-state index contributed by atoms with van der Waals surface area (Å²) in [6, 6.07) is 2.21. The SMILES string of the molecule is Cc1cnc(N(C)C2CCCN(S(=O)(=O)c3cc(F)cc(F)c3)C2)nc1. The van der Waals surface area contributed by atoms with E-state index in [0.29, 0.717) is 25.0 Å². The summed E-state index contributed by atoms with van der Waals surface area (Å²) in [5, 5.41) is 0. The number of nitrogens with zero attached hydrogens (tertiary/aromatic N) is 4. The molecule has 1 aliphatic rings. The minimum Gasteiger partial charge on any atom is -0.340 e. The maximum atomic E-state index is 13.4. The van der Waals surface area contributed by atoms with Crippen molar-refractivity contribution in [2.45, 2.75) is 30.7 Å². The summed E-state index contributed by atoms with van der Waals surface area (Å²) in [6.45, 7) is 2.39. The van der Waals surface area contributed by atoms with Crippen molar-refractivity contribution in [3.63, 3.8) is 0 Å². The van der Waals surface area contributed by atoms with Crippen molar-refractivity contribution in [1.29, 1.82) is 0 Å². The molecule has 0 saturated carbocycles. The van der Waals surface area contributed by atoms with Gasteiger partial charge in [-0.3, -0.25) is 0 Å². The van der Waals surface area contributed by atoms with Crippen LogP contribution in [0.25, 0.3) is 0 Å². The number of likely N-dealkylation sites (N-methyl/N-ethyl adjacent to an activating group) is 1. The normalized spacial score (nSPS) is 18.7. The highest BCUT2D eigenvalue weighted by Gasteiger charge is 2.33. The number of piperidine rings is 1. The number of benzene rings is 1. The monoisotopic (exact) mass is 382 g/mol. The molecule has 1 atom stereocenters. The first kappa shape index (κ1) is 18.7. The van der Waals surface area contributed by atoms with Crippen molar-refractivity contribution in [2.24, 2.45) is 0 Å². The van der Waals surface area contributed by atoms with E-state index in [1.165, 1.54) is 4.31 Å². The lowest BCUT2D eigenvalue weighted by molar-refractivity contribution is 0.309. The standard InChI is InChI=1S/C17H20F2N4O2S/c1-12-9-20-17(21-10-12)22(2)15-4-3-5-23(11-15)26(24,25)16-7-13(18)6-14(19)8-16/h6-10,15H,3-5,11H2,1-2H3. The van der Waals surface area contributed by atoms with E-state index >= 15 is 0 Å². The zero-order chi connectivity index (χ0) is 18.9. The summed E-state index contributed by atoms with van der Waals surface area (Å²) in [6.07, 6.45) is 4.81. The molecule has 2 aromatic rings. The Kier molecular flexibility index (Phi) is 5.19. The van der Waals surface area contributed by atoms with Crippen molar-refractivity contribution < 1.29 is 17.2 Å². The van der Waals surface area contributed by atoms with Crippen molar-refractivity contribution in [1.82, 2.24) is 14.3 Å². The quantitative estimate of drug-likeness (QED) is 0.812. The lowest BCUT2D eigenvalue weighted by Gasteiger charge is -2.36. The van der Waals surface area contributed by atoms with Crippen LogP contribution in [0.3, 0.4) is 0 Å². The second kappa shape index (κ2) is 7.24. The van der Waals surface area contributed by atoms with E-state index in [1.807, 2.05) is 18.9 Å². The Morgan fingerprint density at radius 3 is 2.38 bits per heavy atom. The van der Waals surface area contributed by atoms with Gasteiger partial charge in [0.15, 0.2) is 0 Å². The largest absolute Gasteiger partial charge is 0.340 e. The zero-order valence-electron chi connectivity index (χ0n) is 14.6. The first-order chi connectivity index (χ1) is 12.3. The highest BCUT2D eigenvalue weighted by atomic mass is 32.2. The third-order valence-corrected chi connectivity index (χ3v) is 6.31. The van der Waals surface area contributed by atoms with Crippen molar-refractivity contribution in [2.75, 3.05) is 25.0 Å². The molecular weight excluding hydrogens is 362 g/mol. The van der Waals surface area contributed by atoms with Gasteiger partial charge in [-0.1, -0.05) is 0 Å². The Morgan fingerprint density at radius 2 is 1.77 bits per heavy atom. The van der Waals surface area contributed by atoms with Crippen LogP contribution in [0.5, 0.6) is 0 Å². The second-order valence-electron chi connectivity index (χ2n) is 6.44. The third kappa shape index (κ3) is 3.83. The fourth-order valence-corrected chi connectivity index (χ4v) is 4.57. The Labute approximate surface area is 151 Å². The predicted octanol–water partition coefficient (Wildman–Crippen LogP) is 2.35. The van der Waals surface area contributed by atoms with Crippen molar-refractivity contribution in [3.05, 3.63) is 47.8 Å². The molecule has 9 heteroatoms. The van der Waals surface area contributed by atoms with E-state index in [-0.39, 0.29) is 17.5 Å². The Bertz CT molecular complexity index is 870. The van der Waals surface area contributed by atoms with Crippen LogP contribution in [0.1, 0.15) is 18.4 Å². The fourth-order valence-electron chi connectivity index (χ4n) is 3.01. The minimum atomic E-state index is -3.98. The molecule has 1 saturated heterocycles. The molecule has 1 aromatic heterocycles. The number of hydrogen-bond donors (Lipinski definition) is 0. The molecule has 0 amide bonds. The summed E-state index contributed by atoms with van der Waals surface area (Å²) in [7, 11) is -2.16.